The topological polar surface area (TPSA) is 141 Å². The average Bonchev–Trinajstić information content (AvgIpc) is 3.55. The van der Waals surface area contributed by atoms with Gasteiger partial charge in [-0.2, -0.15) is 0 Å². The van der Waals surface area contributed by atoms with Crippen molar-refractivity contribution in [2.75, 3.05) is 36.6 Å². The number of aromatic amines is 1. The van der Waals surface area contributed by atoms with Gasteiger partial charge in [-0.1, -0.05) is 42.1 Å². The van der Waals surface area contributed by atoms with Crippen LogP contribution in [-0.4, -0.2) is 56.2 Å². The van der Waals surface area contributed by atoms with Gasteiger partial charge in [0.05, 0.1) is 18.9 Å². The van der Waals surface area contributed by atoms with Gasteiger partial charge in [0, 0.05) is 19.7 Å². The van der Waals surface area contributed by atoms with E-state index >= 15 is 0 Å². The Kier molecular flexibility index (Phi) is 6.94. The molecule has 33 heavy (non-hydrogen) atoms. The molecule has 4 rings (SSSR count). The summed E-state index contributed by atoms with van der Waals surface area (Å²) >= 11 is 1.24. The fraction of sp³-hybridized carbons (Fsp3) is 0.381. The molecule has 0 atom stereocenters. The quantitative estimate of drug-likeness (QED) is 0.415. The molecule has 3 N–H and O–H groups in total. The average molecular weight is 472 g/mol. The molecule has 174 valence electrons. The molecule has 0 saturated heterocycles. The first-order valence-corrected chi connectivity index (χ1v) is 11.5. The van der Waals surface area contributed by atoms with E-state index in [0.717, 1.165) is 18.4 Å². The fourth-order valence-corrected chi connectivity index (χ4v) is 4.31. The van der Waals surface area contributed by atoms with Crippen LogP contribution < -0.4 is 21.9 Å². The van der Waals surface area contributed by atoms with Crippen molar-refractivity contribution in [1.29, 1.82) is 0 Å². The van der Waals surface area contributed by atoms with Crippen LogP contribution in [0.3, 0.4) is 0 Å². The maximum absolute atomic E-state index is 13.2. The standard InChI is InChI=1S/C21H25N7O4S/c1-32-10-9-26(16(29)12-33-21-25-23-13-28(21)15-7-8-15)17-18(22)27(20(31)24-19(17)30)11-14-5-3-2-4-6-14/h2-6,13,15H,7-12,22H2,1H3,(H,24,30,31). The lowest BCUT2D eigenvalue weighted by Crippen LogP contribution is -2.43. The second-order valence-corrected chi connectivity index (χ2v) is 8.59. The van der Waals surface area contributed by atoms with E-state index in [1.54, 1.807) is 6.33 Å². The number of anilines is 2. The summed E-state index contributed by atoms with van der Waals surface area (Å²) in [5, 5.41) is 8.68. The predicted octanol–water partition coefficient (Wildman–Crippen LogP) is 0.865. The van der Waals surface area contributed by atoms with E-state index in [9.17, 15) is 14.4 Å². The number of benzene rings is 1. The summed E-state index contributed by atoms with van der Waals surface area (Å²) in [4.78, 5) is 42.0. The number of carbonyl (C=O) groups is 1. The number of ether oxygens (including phenoxy) is 1. The molecule has 3 aromatic rings. The molecule has 1 amide bonds. The van der Waals surface area contributed by atoms with Crippen LogP contribution >= 0.6 is 11.8 Å². The third-order valence-corrected chi connectivity index (χ3v) is 6.23. The highest BCUT2D eigenvalue weighted by Gasteiger charge is 2.28. The van der Waals surface area contributed by atoms with Gasteiger partial charge in [-0.25, -0.2) is 4.79 Å². The summed E-state index contributed by atoms with van der Waals surface area (Å²) in [5.41, 5.74) is 5.67. The number of nitrogens with one attached hydrogen (secondary N) is 1. The first-order valence-electron chi connectivity index (χ1n) is 10.5. The number of rotatable bonds is 10. The molecule has 2 aromatic heterocycles. The van der Waals surface area contributed by atoms with Crippen molar-refractivity contribution in [3.63, 3.8) is 0 Å². The Hall–Kier alpha value is -3.38. The second kappa shape index (κ2) is 10.0. The van der Waals surface area contributed by atoms with Crippen molar-refractivity contribution in [3.8, 4) is 0 Å². The zero-order chi connectivity index (χ0) is 23.4. The number of amides is 1. The number of nitrogen functional groups attached to an aromatic ring is 1. The highest BCUT2D eigenvalue weighted by atomic mass is 32.2. The van der Waals surface area contributed by atoms with Gasteiger partial charge >= 0.3 is 5.69 Å². The Labute approximate surface area is 193 Å². The van der Waals surface area contributed by atoms with Crippen LogP contribution in [-0.2, 0) is 16.1 Å². The lowest BCUT2D eigenvalue weighted by atomic mass is 10.2. The molecule has 12 heteroatoms. The maximum atomic E-state index is 13.2. The Morgan fingerprint density at radius 2 is 2.06 bits per heavy atom. The molecule has 2 heterocycles. The third kappa shape index (κ3) is 5.17. The molecule has 1 aliphatic carbocycles. The van der Waals surface area contributed by atoms with Crippen LogP contribution in [0.1, 0.15) is 24.4 Å². The van der Waals surface area contributed by atoms with Crippen molar-refractivity contribution < 1.29 is 9.53 Å². The molecule has 1 fully saturated rings. The van der Waals surface area contributed by atoms with Gasteiger partial charge in [0.2, 0.25) is 5.91 Å². The molecule has 0 aliphatic heterocycles. The molecule has 0 unspecified atom stereocenters. The van der Waals surface area contributed by atoms with E-state index in [-0.39, 0.29) is 42.9 Å². The van der Waals surface area contributed by atoms with E-state index in [0.29, 0.717) is 11.2 Å². The number of aromatic nitrogens is 5. The third-order valence-electron chi connectivity index (χ3n) is 5.29. The number of thioether (sulfide) groups is 1. The zero-order valence-corrected chi connectivity index (χ0v) is 19.0. The number of hydrogen-bond donors (Lipinski definition) is 2. The van der Waals surface area contributed by atoms with E-state index in [1.807, 2.05) is 34.9 Å². The SMILES string of the molecule is COCCN(C(=O)CSc1nncn1C1CC1)c1c(N)n(Cc2ccccc2)c(=O)[nH]c1=O. The Bertz CT molecular complexity index is 1230. The van der Waals surface area contributed by atoms with E-state index in [1.165, 1.54) is 28.3 Å². The number of H-pyrrole nitrogens is 1. The first-order chi connectivity index (χ1) is 16.0. The highest BCUT2D eigenvalue weighted by molar-refractivity contribution is 7.99. The molecule has 1 saturated carbocycles. The van der Waals surface area contributed by atoms with Gasteiger partial charge in [0.15, 0.2) is 10.8 Å². The molecule has 11 nitrogen and oxygen atoms in total. The minimum absolute atomic E-state index is 0.0197. The van der Waals surface area contributed by atoms with Crippen LogP contribution in [0.2, 0.25) is 0 Å². The summed E-state index contributed by atoms with van der Waals surface area (Å²) in [6.45, 7) is 0.439. The van der Waals surface area contributed by atoms with Gasteiger partial charge in [0.25, 0.3) is 5.56 Å². The number of nitrogens with two attached hydrogens (primary N) is 1. The van der Waals surface area contributed by atoms with Crippen LogP contribution in [0.5, 0.6) is 0 Å². The van der Waals surface area contributed by atoms with Crippen LogP contribution in [0, 0.1) is 0 Å². The van der Waals surface area contributed by atoms with Crippen LogP contribution in [0.15, 0.2) is 51.4 Å². The number of methoxy groups -OCH3 is 1. The lowest BCUT2D eigenvalue weighted by molar-refractivity contribution is -0.116. The van der Waals surface area contributed by atoms with Gasteiger partial charge in [-0.05, 0) is 18.4 Å². The molecule has 0 bridgehead atoms. The highest BCUT2D eigenvalue weighted by Crippen LogP contribution is 2.37. The number of nitrogens with zero attached hydrogens (tertiary/aromatic N) is 5. The fourth-order valence-electron chi connectivity index (χ4n) is 3.45. The summed E-state index contributed by atoms with van der Waals surface area (Å²) in [5.74, 6) is -0.418. The molecule has 0 radical (unpaired) electrons. The van der Waals surface area contributed by atoms with Crippen molar-refractivity contribution in [1.82, 2.24) is 24.3 Å². The summed E-state index contributed by atoms with van der Waals surface area (Å²) in [6, 6.07) is 9.61. The molecular weight excluding hydrogens is 446 g/mol. The van der Waals surface area contributed by atoms with Crippen LogP contribution in [0.4, 0.5) is 11.5 Å². The smallest absolute Gasteiger partial charge is 0.330 e. The van der Waals surface area contributed by atoms with E-state index in [2.05, 4.69) is 15.2 Å². The normalized spacial score (nSPS) is 13.2. The number of carbonyl (C=O) groups excluding carboxylic acids is 1. The lowest BCUT2D eigenvalue weighted by Gasteiger charge is -2.24. The summed E-state index contributed by atoms with van der Waals surface area (Å²) in [6.07, 6.45) is 3.79. The van der Waals surface area contributed by atoms with E-state index in [4.69, 9.17) is 10.5 Å². The van der Waals surface area contributed by atoms with Gasteiger partial charge in [0.1, 0.15) is 12.1 Å². The minimum Gasteiger partial charge on any atom is -0.383 e. The Morgan fingerprint density at radius 3 is 2.76 bits per heavy atom. The number of hydrogen-bond acceptors (Lipinski definition) is 8. The van der Waals surface area contributed by atoms with Crippen molar-refractivity contribution in [2.45, 2.75) is 30.6 Å². The van der Waals surface area contributed by atoms with Crippen molar-refractivity contribution >= 4 is 29.2 Å². The van der Waals surface area contributed by atoms with Crippen LogP contribution in [0.25, 0.3) is 0 Å². The maximum Gasteiger partial charge on any atom is 0.330 e. The molecule has 0 spiro atoms. The zero-order valence-electron chi connectivity index (χ0n) is 18.1. The van der Waals surface area contributed by atoms with Crippen molar-refractivity contribution in [3.05, 3.63) is 63.1 Å². The Balaban J connectivity index is 1.62. The predicted molar refractivity (Wildman–Crippen MR) is 125 cm³/mol. The van der Waals surface area contributed by atoms with E-state index < -0.39 is 11.2 Å². The second-order valence-electron chi connectivity index (χ2n) is 7.64. The van der Waals surface area contributed by atoms with Gasteiger partial charge in [-0.3, -0.25) is 19.1 Å². The Morgan fingerprint density at radius 1 is 1.30 bits per heavy atom. The monoisotopic (exact) mass is 471 g/mol. The first kappa shape index (κ1) is 22.8. The largest absolute Gasteiger partial charge is 0.383 e. The minimum atomic E-state index is -0.725. The summed E-state index contributed by atoms with van der Waals surface area (Å²) in [7, 11) is 1.50. The molecule has 1 aliphatic rings. The van der Waals surface area contributed by atoms with Gasteiger partial charge < -0.3 is 19.9 Å². The van der Waals surface area contributed by atoms with Crippen molar-refractivity contribution in [2.24, 2.45) is 0 Å². The summed E-state index contributed by atoms with van der Waals surface area (Å²) < 4.78 is 8.34. The van der Waals surface area contributed by atoms with Gasteiger partial charge in [-0.15, -0.1) is 10.2 Å². The molecular formula is C21H25N7O4S. The molecule has 1 aromatic carbocycles.